The fourth-order valence-electron chi connectivity index (χ4n) is 3.37. The number of aromatic amines is 2. The van der Waals surface area contributed by atoms with E-state index in [1.165, 1.54) is 0 Å². The topological polar surface area (TPSA) is 81.0 Å². The van der Waals surface area contributed by atoms with Crippen LogP contribution in [0, 0.1) is 0 Å². The van der Waals surface area contributed by atoms with Crippen molar-refractivity contribution in [3.63, 3.8) is 0 Å². The van der Waals surface area contributed by atoms with E-state index in [-0.39, 0.29) is 11.6 Å². The first-order valence-corrected chi connectivity index (χ1v) is 8.54. The standard InChI is InChI=1S/C19H20N4O2/c24-18(10-13-6-2-1-3-7-13)20-16-11-14-15(22-19(25)21-14)12-17(16)23-8-4-5-9-23/h1-3,6-7,11-12H,4-5,8-10H2,(H,20,24)(H2,21,22,25). The molecule has 2 aromatic carbocycles. The second kappa shape index (κ2) is 6.47. The van der Waals surface area contributed by atoms with E-state index in [0.29, 0.717) is 11.9 Å². The summed E-state index contributed by atoms with van der Waals surface area (Å²) < 4.78 is 0. The minimum absolute atomic E-state index is 0.0659. The fourth-order valence-corrected chi connectivity index (χ4v) is 3.37. The van der Waals surface area contributed by atoms with Gasteiger partial charge in [0.1, 0.15) is 0 Å². The SMILES string of the molecule is O=C(Cc1ccccc1)Nc1cc2[nH]c(=O)[nH]c2cc1N1CCCC1. The fraction of sp³-hybridized carbons (Fsp3) is 0.263. The van der Waals surface area contributed by atoms with Gasteiger partial charge >= 0.3 is 5.69 Å². The van der Waals surface area contributed by atoms with Gasteiger partial charge in [-0.25, -0.2) is 4.79 Å². The number of anilines is 2. The van der Waals surface area contributed by atoms with Crippen molar-refractivity contribution in [1.82, 2.24) is 9.97 Å². The zero-order valence-electron chi connectivity index (χ0n) is 13.8. The Morgan fingerprint density at radius 1 is 1.04 bits per heavy atom. The van der Waals surface area contributed by atoms with Gasteiger partial charge in [0.05, 0.1) is 28.8 Å². The summed E-state index contributed by atoms with van der Waals surface area (Å²) >= 11 is 0. The number of aromatic nitrogens is 2. The van der Waals surface area contributed by atoms with Crippen molar-refractivity contribution >= 4 is 28.3 Å². The average molecular weight is 336 g/mol. The molecule has 0 unspecified atom stereocenters. The van der Waals surface area contributed by atoms with E-state index in [2.05, 4.69) is 20.2 Å². The van der Waals surface area contributed by atoms with Crippen LogP contribution < -0.4 is 15.9 Å². The summed E-state index contributed by atoms with van der Waals surface area (Å²) in [5.41, 5.74) is 3.89. The highest BCUT2D eigenvalue weighted by Crippen LogP contribution is 2.32. The third-order valence-corrected chi connectivity index (χ3v) is 4.56. The monoisotopic (exact) mass is 336 g/mol. The van der Waals surface area contributed by atoms with Gasteiger partial charge in [0.15, 0.2) is 0 Å². The van der Waals surface area contributed by atoms with Gasteiger partial charge in [0.25, 0.3) is 0 Å². The molecule has 0 saturated carbocycles. The Hall–Kier alpha value is -3.02. The van der Waals surface area contributed by atoms with Crippen LogP contribution in [0.1, 0.15) is 18.4 Å². The van der Waals surface area contributed by atoms with Gasteiger partial charge in [0, 0.05) is 13.1 Å². The molecular weight excluding hydrogens is 316 g/mol. The molecule has 3 aromatic rings. The van der Waals surface area contributed by atoms with Gasteiger partial charge in [-0.05, 0) is 30.5 Å². The lowest BCUT2D eigenvalue weighted by Gasteiger charge is -2.22. The Balaban J connectivity index is 1.65. The Morgan fingerprint density at radius 2 is 1.72 bits per heavy atom. The third kappa shape index (κ3) is 3.28. The predicted molar refractivity (Wildman–Crippen MR) is 99.1 cm³/mol. The largest absolute Gasteiger partial charge is 0.370 e. The van der Waals surface area contributed by atoms with Crippen LogP contribution in [-0.4, -0.2) is 29.0 Å². The molecule has 0 atom stereocenters. The van der Waals surface area contributed by atoms with Crippen molar-refractivity contribution < 1.29 is 4.79 Å². The van der Waals surface area contributed by atoms with E-state index in [9.17, 15) is 9.59 Å². The van der Waals surface area contributed by atoms with E-state index < -0.39 is 0 Å². The van der Waals surface area contributed by atoms with Crippen LogP contribution in [0.5, 0.6) is 0 Å². The minimum atomic E-state index is -0.241. The van der Waals surface area contributed by atoms with Crippen LogP contribution in [0.4, 0.5) is 11.4 Å². The number of rotatable bonds is 4. The number of nitrogens with zero attached hydrogens (tertiary/aromatic N) is 1. The summed E-state index contributed by atoms with van der Waals surface area (Å²) in [5, 5.41) is 3.02. The Kier molecular flexibility index (Phi) is 4.01. The van der Waals surface area contributed by atoms with Crippen molar-refractivity contribution in [2.45, 2.75) is 19.3 Å². The van der Waals surface area contributed by atoms with E-state index in [4.69, 9.17) is 0 Å². The van der Waals surface area contributed by atoms with E-state index in [0.717, 1.165) is 48.4 Å². The first kappa shape index (κ1) is 15.5. The summed E-state index contributed by atoms with van der Waals surface area (Å²) in [4.78, 5) is 31.9. The molecule has 6 nitrogen and oxygen atoms in total. The first-order chi connectivity index (χ1) is 12.2. The number of carbonyl (C=O) groups excluding carboxylic acids is 1. The molecule has 3 N–H and O–H groups in total. The molecule has 1 aliphatic heterocycles. The molecule has 4 rings (SSSR count). The third-order valence-electron chi connectivity index (χ3n) is 4.56. The number of hydrogen-bond acceptors (Lipinski definition) is 3. The van der Waals surface area contributed by atoms with Crippen molar-refractivity contribution in [2.24, 2.45) is 0 Å². The zero-order chi connectivity index (χ0) is 17.2. The number of fused-ring (bicyclic) bond motifs is 1. The molecule has 0 bridgehead atoms. The Morgan fingerprint density at radius 3 is 2.44 bits per heavy atom. The number of hydrogen-bond donors (Lipinski definition) is 3. The molecule has 1 amide bonds. The second-order valence-corrected chi connectivity index (χ2v) is 6.40. The van der Waals surface area contributed by atoms with Crippen LogP contribution in [0.3, 0.4) is 0 Å². The quantitative estimate of drug-likeness (QED) is 0.685. The zero-order valence-corrected chi connectivity index (χ0v) is 13.8. The number of benzene rings is 2. The van der Waals surface area contributed by atoms with Crippen molar-refractivity contribution in [3.8, 4) is 0 Å². The maximum absolute atomic E-state index is 12.5. The molecule has 128 valence electrons. The van der Waals surface area contributed by atoms with Crippen LogP contribution in [0.2, 0.25) is 0 Å². The second-order valence-electron chi connectivity index (χ2n) is 6.40. The van der Waals surface area contributed by atoms with E-state index >= 15 is 0 Å². The Bertz CT molecular complexity index is 952. The van der Waals surface area contributed by atoms with E-state index in [1.54, 1.807) is 0 Å². The highest BCUT2D eigenvalue weighted by atomic mass is 16.1. The van der Waals surface area contributed by atoms with Crippen LogP contribution >= 0.6 is 0 Å². The molecule has 0 radical (unpaired) electrons. The number of carbonyl (C=O) groups is 1. The maximum Gasteiger partial charge on any atom is 0.323 e. The van der Waals surface area contributed by atoms with Gasteiger partial charge in [-0.1, -0.05) is 30.3 Å². The Labute approximate surface area is 144 Å². The number of nitrogens with one attached hydrogen (secondary N) is 3. The molecule has 2 heterocycles. The van der Waals surface area contributed by atoms with Gasteiger partial charge in [0.2, 0.25) is 5.91 Å². The molecule has 25 heavy (non-hydrogen) atoms. The molecule has 1 aromatic heterocycles. The highest BCUT2D eigenvalue weighted by molar-refractivity contribution is 5.99. The summed E-state index contributed by atoms with van der Waals surface area (Å²) in [5.74, 6) is -0.0659. The van der Waals surface area contributed by atoms with Gasteiger partial charge in [-0.15, -0.1) is 0 Å². The molecule has 6 heteroatoms. The normalized spacial score (nSPS) is 14.2. The van der Waals surface area contributed by atoms with Gasteiger partial charge < -0.3 is 20.2 Å². The van der Waals surface area contributed by atoms with Crippen LogP contribution in [0.25, 0.3) is 11.0 Å². The lowest BCUT2D eigenvalue weighted by Crippen LogP contribution is -2.22. The molecule has 1 fully saturated rings. The summed E-state index contributed by atoms with van der Waals surface area (Å²) in [7, 11) is 0. The van der Waals surface area contributed by atoms with Crippen molar-refractivity contribution in [2.75, 3.05) is 23.3 Å². The van der Waals surface area contributed by atoms with Crippen molar-refractivity contribution in [1.29, 1.82) is 0 Å². The first-order valence-electron chi connectivity index (χ1n) is 8.54. The molecular formula is C19H20N4O2. The summed E-state index contributed by atoms with van der Waals surface area (Å²) in [6.45, 7) is 1.92. The molecule has 1 aliphatic rings. The van der Waals surface area contributed by atoms with E-state index in [1.807, 2.05) is 42.5 Å². The summed E-state index contributed by atoms with van der Waals surface area (Å²) in [6, 6.07) is 13.4. The number of amides is 1. The lowest BCUT2D eigenvalue weighted by molar-refractivity contribution is -0.115. The molecule has 0 aliphatic carbocycles. The number of H-pyrrole nitrogens is 2. The van der Waals surface area contributed by atoms with Gasteiger partial charge in [-0.2, -0.15) is 0 Å². The van der Waals surface area contributed by atoms with Gasteiger partial charge in [-0.3, -0.25) is 4.79 Å². The number of imidazole rings is 1. The van der Waals surface area contributed by atoms with Crippen molar-refractivity contribution in [3.05, 3.63) is 58.5 Å². The lowest BCUT2D eigenvalue weighted by atomic mass is 10.1. The van der Waals surface area contributed by atoms with Crippen LogP contribution in [0.15, 0.2) is 47.3 Å². The highest BCUT2D eigenvalue weighted by Gasteiger charge is 2.19. The average Bonchev–Trinajstić information content (AvgIpc) is 3.23. The molecule has 0 spiro atoms. The maximum atomic E-state index is 12.5. The smallest absolute Gasteiger partial charge is 0.323 e. The minimum Gasteiger partial charge on any atom is -0.370 e. The predicted octanol–water partition coefficient (Wildman–Crippen LogP) is 2.64. The summed E-state index contributed by atoms with van der Waals surface area (Å²) in [6.07, 6.45) is 2.60. The van der Waals surface area contributed by atoms with Crippen LogP contribution in [-0.2, 0) is 11.2 Å². The molecule has 1 saturated heterocycles.